The van der Waals surface area contributed by atoms with Crippen LogP contribution in [0.1, 0.15) is 6.42 Å². The largest absolute Gasteiger partial charge is 0.369 e. The molecule has 0 aromatic heterocycles. The molecule has 1 amide bonds. The molecule has 0 saturated heterocycles. The van der Waals surface area contributed by atoms with Gasteiger partial charge in [0.2, 0.25) is 5.91 Å². The standard InChI is InChI=1S/C5H9Br2NO/c6-2-1-4(3-7)5(8)9/h4H,1-3H2,(H2,8,9). The average Bonchev–Trinajstić information content (AvgIpc) is 1.82. The fraction of sp³-hybridized carbons (Fsp3) is 0.800. The fourth-order valence-electron chi connectivity index (χ4n) is 0.427. The van der Waals surface area contributed by atoms with Gasteiger partial charge < -0.3 is 5.73 Å². The van der Waals surface area contributed by atoms with E-state index in [1.807, 2.05) is 0 Å². The molecule has 0 rings (SSSR count). The maximum absolute atomic E-state index is 10.5. The third-order valence-corrected chi connectivity index (χ3v) is 2.29. The van der Waals surface area contributed by atoms with E-state index < -0.39 is 0 Å². The van der Waals surface area contributed by atoms with Crippen molar-refractivity contribution >= 4 is 37.8 Å². The van der Waals surface area contributed by atoms with E-state index in [2.05, 4.69) is 31.9 Å². The van der Waals surface area contributed by atoms with E-state index in [4.69, 9.17) is 5.73 Å². The van der Waals surface area contributed by atoms with Gasteiger partial charge in [0, 0.05) is 16.6 Å². The molecule has 9 heavy (non-hydrogen) atoms. The Bertz CT molecular complexity index is 97.0. The van der Waals surface area contributed by atoms with Gasteiger partial charge in [-0.3, -0.25) is 4.79 Å². The SMILES string of the molecule is NC(=O)C(CBr)CCBr. The molecule has 0 fully saturated rings. The van der Waals surface area contributed by atoms with Crippen LogP contribution in [-0.2, 0) is 4.79 Å². The molecular weight excluding hydrogens is 250 g/mol. The zero-order chi connectivity index (χ0) is 7.28. The van der Waals surface area contributed by atoms with Gasteiger partial charge in [0.05, 0.1) is 0 Å². The van der Waals surface area contributed by atoms with Crippen molar-refractivity contribution in [2.24, 2.45) is 11.7 Å². The van der Waals surface area contributed by atoms with Gasteiger partial charge in [-0.2, -0.15) is 0 Å². The van der Waals surface area contributed by atoms with Crippen LogP contribution in [0.4, 0.5) is 0 Å². The van der Waals surface area contributed by atoms with Crippen LogP contribution in [0, 0.1) is 5.92 Å². The second kappa shape index (κ2) is 5.23. The summed E-state index contributed by atoms with van der Waals surface area (Å²) in [5, 5.41) is 1.49. The molecule has 0 spiro atoms. The molecule has 0 aromatic rings. The Morgan fingerprint density at radius 2 is 2.11 bits per heavy atom. The smallest absolute Gasteiger partial charge is 0.221 e. The number of carbonyl (C=O) groups excluding carboxylic acids is 1. The van der Waals surface area contributed by atoms with Crippen LogP contribution in [0.15, 0.2) is 0 Å². The van der Waals surface area contributed by atoms with Crippen LogP contribution in [0.2, 0.25) is 0 Å². The molecular formula is C5H9Br2NO. The summed E-state index contributed by atoms with van der Waals surface area (Å²) in [6, 6.07) is 0. The van der Waals surface area contributed by atoms with E-state index in [9.17, 15) is 4.79 Å². The van der Waals surface area contributed by atoms with Crippen LogP contribution in [0.3, 0.4) is 0 Å². The number of hydrogen-bond donors (Lipinski definition) is 1. The molecule has 0 saturated carbocycles. The molecule has 1 unspecified atom stereocenters. The van der Waals surface area contributed by atoms with Crippen molar-refractivity contribution < 1.29 is 4.79 Å². The maximum atomic E-state index is 10.5. The van der Waals surface area contributed by atoms with E-state index >= 15 is 0 Å². The van der Waals surface area contributed by atoms with E-state index in [0.29, 0.717) is 5.33 Å². The summed E-state index contributed by atoms with van der Waals surface area (Å²) >= 11 is 6.43. The Hall–Kier alpha value is 0.430. The van der Waals surface area contributed by atoms with Crippen molar-refractivity contribution in [3.8, 4) is 0 Å². The predicted molar refractivity (Wildman–Crippen MR) is 44.9 cm³/mol. The number of nitrogens with two attached hydrogens (primary N) is 1. The van der Waals surface area contributed by atoms with E-state index in [1.54, 1.807) is 0 Å². The minimum Gasteiger partial charge on any atom is -0.369 e. The van der Waals surface area contributed by atoms with Gasteiger partial charge in [-0.05, 0) is 6.42 Å². The minimum atomic E-state index is -0.230. The monoisotopic (exact) mass is 257 g/mol. The normalized spacial score (nSPS) is 13.1. The predicted octanol–water partition coefficient (Wildman–Crippen LogP) is 1.27. The maximum Gasteiger partial charge on any atom is 0.221 e. The van der Waals surface area contributed by atoms with Gasteiger partial charge in [0.1, 0.15) is 0 Å². The van der Waals surface area contributed by atoms with Crippen LogP contribution >= 0.6 is 31.9 Å². The highest BCUT2D eigenvalue weighted by Gasteiger charge is 2.11. The quantitative estimate of drug-likeness (QED) is 0.759. The van der Waals surface area contributed by atoms with Crippen molar-refractivity contribution in [1.29, 1.82) is 0 Å². The number of alkyl halides is 2. The molecule has 0 aromatic carbocycles. The Labute approximate surface area is 71.4 Å². The highest BCUT2D eigenvalue weighted by Crippen LogP contribution is 2.07. The Balaban J connectivity index is 3.54. The number of hydrogen-bond acceptors (Lipinski definition) is 1. The first-order valence-corrected chi connectivity index (χ1v) is 4.88. The molecule has 54 valence electrons. The van der Waals surface area contributed by atoms with Gasteiger partial charge in [0.15, 0.2) is 0 Å². The summed E-state index contributed by atoms with van der Waals surface area (Å²) in [6.45, 7) is 0. The first kappa shape index (κ1) is 9.43. The fourth-order valence-corrected chi connectivity index (χ4v) is 1.62. The second-order valence-electron chi connectivity index (χ2n) is 1.73. The Morgan fingerprint density at radius 1 is 1.56 bits per heavy atom. The van der Waals surface area contributed by atoms with Gasteiger partial charge in [-0.1, -0.05) is 31.9 Å². The summed E-state index contributed by atoms with van der Waals surface area (Å²) in [5.41, 5.74) is 5.04. The van der Waals surface area contributed by atoms with Crippen molar-refractivity contribution in [3.05, 3.63) is 0 Å². The number of rotatable bonds is 4. The van der Waals surface area contributed by atoms with Gasteiger partial charge in [-0.15, -0.1) is 0 Å². The molecule has 0 bridgehead atoms. The van der Waals surface area contributed by atoms with Crippen molar-refractivity contribution in [1.82, 2.24) is 0 Å². The summed E-state index contributed by atoms with van der Waals surface area (Å²) in [5.74, 6) is -0.254. The van der Waals surface area contributed by atoms with Crippen molar-refractivity contribution in [3.63, 3.8) is 0 Å². The molecule has 1 atom stereocenters. The average molecular weight is 259 g/mol. The summed E-state index contributed by atoms with van der Waals surface area (Å²) in [6.07, 6.45) is 0.806. The molecule has 0 aliphatic rings. The lowest BCUT2D eigenvalue weighted by Gasteiger charge is -2.05. The van der Waals surface area contributed by atoms with Crippen LogP contribution in [0.25, 0.3) is 0 Å². The third-order valence-electron chi connectivity index (χ3n) is 1.05. The topological polar surface area (TPSA) is 43.1 Å². The summed E-state index contributed by atoms with van der Waals surface area (Å²) in [7, 11) is 0. The first-order chi connectivity index (χ1) is 4.22. The van der Waals surface area contributed by atoms with Crippen molar-refractivity contribution in [2.75, 3.05) is 10.7 Å². The van der Waals surface area contributed by atoms with Crippen LogP contribution in [0.5, 0.6) is 0 Å². The van der Waals surface area contributed by atoms with E-state index in [-0.39, 0.29) is 11.8 Å². The lowest BCUT2D eigenvalue weighted by Crippen LogP contribution is -2.24. The number of primary amides is 1. The van der Waals surface area contributed by atoms with Gasteiger partial charge >= 0.3 is 0 Å². The third kappa shape index (κ3) is 3.92. The molecule has 2 nitrogen and oxygen atoms in total. The Morgan fingerprint density at radius 3 is 2.22 bits per heavy atom. The van der Waals surface area contributed by atoms with Crippen LogP contribution < -0.4 is 5.73 Å². The number of carbonyl (C=O) groups is 1. The minimum absolute atomic E-state index is 0.0237. The highest BCUT2D eigenvalue weighted by atomic mass is 79.9. The zero-order valence-corrected chi connectivity index (χ0v) is 8.11. The van der Waals surface area contributed by atoms with Gasteiger partial charge in [0.25, 0.3) is 0 Å². The molecule has 4 heteroatoms. The summed E-state index contributed by atoms with van der Waals surface area (Å²) in [4.78, 5) is 10.5. The lowest BCUT2D eigenvalue weighted by molar-refractivity contribution is -0.121. The number of amides is 1. The van der Waals surface area contributed by atoms with Gasteiger partial charge in [-0.25, -0.2) is 0 Å². The molecule has 0 heterocycles. The second-order valence-corrected chi connectivity index (χ2v) is 3.17. The van der Waals surface area contributed by atoms with Crippen molar-refractivity contribution in [2.45, 2.75) is 6.42 Å². The molecule has 0 aliphatic carbocycles. The number of halogens is 2. The van der Waals surface area contributed by atoms with E-state index in [1.165, 1.54) is 0 Å². The van der Waals surface area contributed by atoms with Crippen LogP contribution in [-0.4, -0.2) is 16.6 Å². The highest BCUT2D eigenvalue weighted by molar-refractivity contribution is 9.09. The first-order valence-electron chi connectivity index (χ1n) is 2.63. The molecule has 0 radical (unpaired) electrons. The lowest BCUT2D eigenvalue weighted by atomic mass is 10.1. The van der Waals surface area contributed by atoms with E-state index in [0.717, 1.165) is 11.8 Å². The zero-order valence-electron chi connectivity index (χ0n) is 4.94. The molecule has 2 N–H and O–H groups in total. The molecule has 0 aliphatic heterocycles. The Kier molecular flexibility index (Phi) is 5.48. The summed E-state index contributed by atoms with van der Waals surface area (Å²) < 4.78 is 0.